The quantitative estimate of drug-likeness (QED) is 0.0628. The molecule has 0 saturated heterocycles. The maximum Gasteiger partial charge on any atom is 0.343 e. The first-order valence-electron chi connectivity index (χ1n) is 14.9. The van der Waals surface area contributed by atoms with Crippen molar-refractivity contribution in [1.82, 2.24) is 0 Å². The highest BCUT2D eigenvalue weighted by Crippen LogP contribution is 2.25. The second-order valence-corrected chi connectivity index (χ2v) is 10.4. The molecule has 11 heteroatoms. The molecule has 0 aliphatic rings. The molecule has 0 atom stereocenters. The van der Waals surface area contributed by atoms with Gasteiger partial charge in [0.15, 0.2) is 11.6 Å². The minimum Gasteiger partial charge on any atom is -0.494 e. The minimum atomic E-state index is -0.893. The molecule has 0 spiro atoms. The van der Waals surface area contributed by atoms with Crippen LogP contribution in [-0.4, -0.2) is 50.3 Å². The Hall–Kier alpha value is -5.45. The van der Waals surface area contributed by atoms with Crippen LogP contribution in [0.15, 0.2) is 91.0 Å². The summed E-state index contributed by atoms with van der Waals surface area (Å²) in [5.74, 6) is -2.59. The summed E-state index contributed by atoms with van der Waals surface area (Å²) < 4.78 is 46.5. The molecule has 3 aromatic rings. The second kappa shape index (κ2) is 18.5. The van der Waals surface area contributed by atoms with Crippen molar-refractivity contribution in [2.75, 3.05) is 26.4 Å². The molecule has 10 nitrogen and oxygen atoms in total. The molecule has 3 rings (SSSR count). The molecular formula is C36H37FO10. The fourth-order valence-corrected chi connectivity index (χ4v) is 3.69. The van der Waals surface area contributed by atoms with Gasteiger partial charge in [-0.05, 0) is 100 Å². The Morgan fingerprint density at radius 3 is 1.40 bits per heavy atom. The molecular weight excluding hydrogens is 611 g/mol. The van der Waals surface area contributed by atoms with Gasteiger partial charge in [0, 0.05) is 17.2 Å². The number of ether oxygens (including phenoxy) is 6. The smallest absolute Gasteiger partial charge is 0.343 e. The fraction of sp³-hybridized carbons (Fsp3) is 0.278. The summed E-state index contributed by atoms with van der Waals surface area (Å²) in [6.45, 7) is 11.5. The molecule has 0 N–H and O–H groups in total. The summed E-state index contributed by atoms with van der Waals surface area (Å²) in [5.41, 5.74) is 1.09. The molecule has 3 aromatic carbocycles. The molecule has 0 saturated carbocycles. The van der Waals surface area contributed by atoms with E-state index in [9.17, 15) is 23.6 Å². The molecule has 0 aliphatic carbocycles. The number of rotatable bonds is 18. The lowest BCUT2D eigenvalue weighted by Crippen LogP contribution is -2.11. The molecule has 0 amide bonds. The molecule has 0 aliphatic heterocycles. The molecule has 0 unspecified atom stereocenters. The van der Waals surface area contributed by atoms with Crippen LogP contribution >= 0.6 is 0 Å². The van der Waals surface area contributed by atoms with Crippen LogP contribution in [0.25, 0.3) is 0 Å². The van der Waals surface area contributed by atoms with Gasteiger partial charge in [-0.1, -0.05) is 13.2 Å². The van der Waals surface area contributed by atoms with E-state index in [4.69, 9.17) is 28.4 Å². The van der Waals surface area contributed by atoms with Gasteiger partial charge in [-0.15, -0.1) is 0 Å². The van der Waals surface area contributed by atoms with Crippen molar-refractivity contribution in [3.05, 3.63) is 108 Å². The van der Waals surface area contributed by atoms with Gasteiger partial charge in [-0.2, -0.15) is 0 Å². The van der Waals surface area contributed by atoms with Gasteiger partial charge in [0.25, 0.3) is 0 Å². The van der Waals surface area contributed by atoms with E-state index >= 15 is 0 Å². The van der Waals surface area contributed by atoms with E-state index in [-0.39, 0.29) is 35.8 Å². The van der Waals surface area contributed by atoms with Crippen LogP contribution in [0.2, 0.25) is 0 Å². The molecule has 0 aromatic heterocycles. The van der Waals surface area contributed by atoms with E-state index in [1.54, 1.807) is 38.1 Å². The van der Waals surface area contributed by atoms with Crippen LogP contribution in [0.1, 0.15) is 60.2 Å². The van der Waals surface area contributed by atoms with Gasteiger partial charge in [0.05, 0.1) is 37.6 Å². The Bertz CT molecular complexity index is 1560. The molecule has 47 heavy (non-hydrogen) atoms. The molecule has 0 fully saturated rings. The molecule has 0 heterocycles. The first-order chi connectivity index (χ1) is 22.5. The Morgan fingerprint density at radius 1 is 0.574 bits per heavy atom. The number of carbonyl (C=O) groups is 4. The van der Waals surface area contributed by atoms with E-state index in [0.717, 1.165) is 6.07 Å². The minimum absolute atomic E-state index is 0.0737. The zero-order chi connectivity index (χ0) is 34.2. The molecule has 0 bridgehead atoms. The van der Waals surface area contributed by atoms with Gasteiger partial charge < -0.3 is 28.4 Å². The van der Waals surface area contributed by atoms with Crippen molar-refractivity contribution >= 4 is 23.9 Å². The van der Waals surface area contributed by atoms with Crippen LogP contribution in [0.5, 0.6) is 23.0 Å². The third-order valence-electron chi connectivity index (χ3n) is 6.27. The number of esters is 4. The lowest BCUT2D eigenvalue weighted by molar-refractivity contribution is -0.139. The fourth-order valence-electron chi connectivity index (χ4n) is 3.69. The van der Waals surface area contributed by atoms with Gasteiger partial charge in [-0.3, -0.25) is 0 Å². The first-order valence-corrected chi connectivity index (χ1v) is 14.9. The van der Waals surface area contributed by atoms with Crippen LogP contribution in [0.3, 0.4) is 0 Å². The molecule has 0 radical (unpaired) electrons. The number of hydrogen-bond acceptors (Lipinski definition) is 10. The Labute approximate surface area is 272 Å². The van der Waals surface area contributed by atoms with Crippen LogP contribution in [0, 0.1) is 5.82 Å². The Morgan fingerprint density at radius 2 is 0.979 bits per heavy atom. The van der Waals surface area contributed by atoms with Crippen LogP contribution in [0.4, 0.5) is 4.39 Å². The van der Waals surface area contributed by atoms with Crippen molar-refractivity contribution in [3.8, 4) is 23.0 Å². The van der Waals surface area contributed by atoms with Crippen LogP contribution in [-0.2, 0) is 19.1 Å². The second-order valence-electron chi connectivity index (χ2n) is 10.4. The third kappa shape index (κ3) is 12.5. The summed E-state index contributed by atoms with van der Waals surface area (Å²) >= 11 is 0. The maximum atomic E-state index is 14.7. The monoisotopic (exact) mass is 648 g/mol. The van der Waals surface area contributed by atoms with Crippen molar-refractivity contribution < 1.29 is 52.0 Å². The number of benzene rings is 3. The van der Waals surface area contributed by atoms with Crippen molar-refractivity contribution in [2.45, 2.75) is 39.5 Å². The van der Waals surface area contributed by atoms with Gasteiger partial charge >= 0.3 is 23.9 Å². The standard InChI is InChI=1S/C36H37FO10/c1-24(2)33(38)44-21-7-5-19-42-28-13-9-26(10-14-28)35(40)46-30-17-18-32(31(37)23-30)47-36(41)27-11-15-29(16-12-27)43-20-6-8-22-45-34(39)25(3)4/h9-18,23H,1,3,5-8,19-22H2,2,4H3. The predicted molar refractivity (Wildman–Crippen MR) is 170 cm³/mol. The van der Waals surface area contributed by atoms with E-state index < -0.39 is 29.7 Å². The summed E-state index contributed by atoms with van der Waals surface area (Å²) in [4.78, 5) is 47.8. The van der Waals surface area contributed by atoms with E-state index in [1.165, 1.54) is 36.4 Å². The number of carbonyl (C=O) groups excluding carboxylic acids is 4. The summed E-state index contributed by atoms with van der Waals surface area (Å²) in [6, 6.07) is 15.8. The van der Waals surface area contributed by atoms with E-state index in [1.807, 2.05) is 0 Å². The zero-order valence-electron chi connectivity index (χ0n) is 26.4. The number of hydrogen-bond donors (Lipinski definition) is 0. The Kier molecular flexibility index (Phi) is 14.2. The first kappa shape index (κ1) is 36.0. The predicted octanol–water partition coefficient (Wildman–Crippen LogP) is 6.82. The number of unbranched alkanes of at least 4 members (excludes halogenated alkanes) is 2. The summed E-state index contributed by atoms with van der Waals surface area (Å²) in [7, 11) is 0. The topological polar surface area (TPSA) is 124 Å². The van der Waals surface area contributed by atoms with Crippen molar-refractivity contribution in [2.24, 2.45) is 0 Å². The highest BCUT2D eigenvalue weighted by Gasteiger charge is 2.15. The van der Waals surface area contributed by atoms with Gasteiger partial charge in [0.1, 0.15) is 17.2 Å². The normalized spacial score (nSPS) is 10.4. The summed E-state index contributed by atoms with van der Waals surface area (Å²) in [5, 5.41) is 0. The third-order valence-corrected chi connectivity index (χ3v) is 6.27. The highest BCUT2D eigenvalue weighted by atomic mass is 19.1. The SMILES string of the molecule is C=C(C)C(=O)OCCCCOc1ccc(C(=O)Oc2ccc(OC(=O)c3ccc(OCCCCOC(=O)C(=C)C)cc3)c(F)c2)cc1. The van der Waals surface area contributed by atoms with Crippen LogP contribution < -0.4 is 18.9 Å². The number of halogens is 1. The zero-order valence-corrected chi connectivity index (χ0v) is 26.4. The molecule has 248 valence electrons. The lowest BCUT2D eigenvalue weighted by Gasteiger charge is -2.10. The van der Waals surface area contributed by atoms with Crippen molar-refractivity contribution in [1.29, 1.82) is 0 Å². The largest absolute Gasteiger partial charge is 0.494 e. The van der Waals surface area contributed by atoms with E-state index in [2.05, 4.69) is 13.2 Å². The average molecular weight is 649 g/mol. The highest BCUT2D eigenvalue weighted by molar-refractivity contribution is 5.92. The van der Waals surface area contributed by atoms with Gasteiger partial charge in [0.2, 0.25) is 0 Å². The van der Waals surface area contributed by atoms with E-state index in [0.29, 0.717) is 61.5 Å². The Balaban J connectivity index is 1.40. The maximum absolute atomic E-state index is 14.7. The van der Waals surface area contributed by atoms with Gasteiger partial charge in [-0.25, -0.2) is 23.6 Å². The van der Waals surface area contributed by atoms with Crippen molar-refractivity contribution in [3.63, 3.8) is 0 Å². The average Bonchev–Trinajstić information content (AvgIpc) is 3.05. The lowest BCUT2D eigenvalue weighted by atomic mass is 10.2. The summed E-state index contributed by atoms with van der Waals surface area (Å²) in [6.07, 6.45) is 2.56.